The van der Waals surface area contributed by atoms with Crippen LogP contribution in [0.3, 0.4) is 0 Å². The molecule has 1 atom stereocenters. The van der Waals surface area contributed by atoms with E-state index in [0.717, 1.165) is 47.7 Å². The second kappa shape index (κ2) is 10.1. The average Bonchev–Trinajstić information content (AvgIpc) is 3.62. The van der Waals surface area contributed by atoms with Crippen molar-refractivity contribution in [3.63, 3.8) is 0 Å². The lowest BCUT2D eigenvalue weighted by Gasteiger charge is -2.38. The van der Waals surface area contributed by atoms with E-state index in [4.69, 9.17) is 4.74 Å². The van der Waals surface area contributed by atoms with Gasteiger partial charge in [0.25, 0.3) is 5.91 Å². The third-order valence-electron chi connectivity index (χ3n) is 7.14. The summed E-state index contributed by atoms with van der Waals surface area (Å²) in [5, 5.41) is 2.55. The second-order valence-corrected chi connectivity index (χ2v) is 11.1. The SMILES string of the molecule is Cc1cccc([C@@H]2c3cc(OCc4nc(C(=O)N(C)C(C)C)cs4)ccc3CCN2C(=O)C2CC2)c1. The van der Waals surface area contributed by atoms with Gasteiger partial charge in [-0.3, -0.25) is 9.59 Å². The van der Waals surface area contributed by atoms with Crippen LogP contribution in [0.25, 0.3) is 0 Å². The number of aromatic nitrogens is 1. The standard InChI is InChI=1S/C29H33N3O3S/c1-18(2)31(4)29(34)25-17-36-26(30-25)16-35-23-11-10-20-12-13-32(28(33)21-8-9-21)27(24(20)15-23)22-7-5-6-19(3)14-22/h5-7,10-11,14-15,17-18,21,27H,8-9,12-13,16H2,1-4H3/t27-/m1/s1. The van der Waals surface area contributed by atoms with Crippen molar-refractivity contribution in [2.45, 2.75) is 58.7 Å². The lowest BCUT2D eigenvalue weighted by molar-refractivity contribution is -0.134. The Balaban J connectivity index is 1.38. The molecular weight excluding hydrogens is 470 g/mol. The Morgan fingerprint density at radius 3 is 2.72 bits per heavy atom. The monoisotopic (exact) mass is 503 g/mol. The summed E-state index contributed by atoms with van der Waals surface area (Å²) in [5.41, 5.74) is 5.16. The molecule has 2 aliphatic rings. The summed E-state index contributed by atoms with van der Waals surface area (Å²) in [5.74, 6) is 1.11. The van der Waals surface area contributed by atoms with Crippen LogP contribution in [0.4, 0.5) is 0 Å². The molecule has 0 bridgehead atoms. The Morgan fingerprint density at radius 2 is 2.00 bits per heavy atom. The van der Waals surface area contributed by atoms with Crippen LogP contribution in [0.15, 0.2) is 47.8 Å². The number of aryl methyl sites for hydroxylation is 1. The van der Waals surface area contributed by atoms with Crippen LogP contribution >= 0.6 is 11.3 Å². The fourth-order valence-corrected chi connectivity index (χ4v) is 5.40. The van der Waals surface area contributed by atoms with E-state index in [9.17, 15) is 9.59 Å². The van der Waals surface area contributed by atoms with E-state index in [2.05, 4.69) is 53.2 Å². The summed E-state index contributed by atoms with van der Waals surface area (Å²) < 4.78 is 6.14. The van der Waals surface area contributed by atoms with Crippen LogP contribution < -0.4 is 4.74 Å². The number of thiazole rings is 1. The van der Waals surface area contributed by atoms with E-state index in [-0.39, 0.29) is 29.8 Å². The highest BCUT2D eigenvalue weighted by Crippen LogP contribution is 2.41. The predicted octanol–water partition coefficient (Wildman–Crippen LogP) is 5.40. The van der Waals surface area contributed by atoms with E-state index in [1.165, 1.54) is 22.5 Å². The molecule has 36 heavy (non-hydrogen) atoms. The number of carbonyl (C=O) groups is 2. The van der Waals surface area contributed by atoms with Gasteiger partial charge in [0, 0.05) is 30.9 Å². The molecule has 1 fully saturated rings. The quantitative estimate of drug-likeness (QED) is 0.433. The lowest BCUT2D eigenvalue weighted by Crippen LogP contribution is -2.41. The molecule has 1 aromatic heterocycles. The Hall–Kier alpha value is -3.19. The zero-order valence-electron chi connectivity index (χ0n) is 21.4. The van der Waals surface area contributed by atoms with Gasteiger partial charge in [0.2, 0.25) is 5.91 Å². The Morgan fingerprint density at radius 1 is 1.19 bits per heavy atom. The van der Waals surface area contributed by atoms with Gasteiger partial charge in [0.1, 0.15) is 23.1 Å². The van der Waals surface area contributed by atoms with Crippen molar-refractivity contribution in [1.29, 1.82) is 0 Å². The molecule has 5 rings (SSSR count). The first kappa shape index (κ1) is 24.5. The lowest BCUT2D eigenvalue weighted by atomic mass is 9.87. The summed E-state index contributed by atoms with van der Waals surface area (Å²) in [4.78, 5) is 34.1. The minimum atomic E-state index is -0.110. The predicted molar refractivity (Wildman–Crippen MR) is 141 cm³/mol. The van der Waals surface area contributed by atoms with Gasteiger partial charge in [0.15, 0.2) is 0 Å². The Bertz CT molecular complexity index is 1280. The molecule has 2 heterocycles. The molecule has 0 radical (unpaired) electrons. The van der Waals surface area contributed by atoms with Crippen molar-refractivity contribution in [2.24, 2.45) is 5.92 Å². The fourth-order valence-electron chi connectivity index (χ4n) is 4.72. The summed E-state index contributed by atoms with van der Waals surface area (Å²) in [6.07, 6.45) is 2.84. The summed E-state index contributed by atoms with van der Waals surface area (Å²) >= 11 is 1.43. The van der Waals surface area contributed by atoms with E-state index >= 15 is 0 Å². The molecule has 1 aliphatic carbocycles. The van der Waals surface area contributed by atoms with Gasteiger partial charge in [-0.2, -0.15) is 0 Å². The molecule has 2 amide bonds. The fraction of sp³-hybridized carbons (Fsp3) is 0.414. The normalized spacial score (nSPS) is 17.1. The first-order chi connectivity index (χ1) is 17.3. The van der Waals surface area contributed by atoms with Gasteiger partial charge in [-0.05, 0) is 68.9 Å². The number of benzene rings is 2. The van der Waals surface area contributed by atoms with Crippen LogP contribution in [0.1, 0.15) is 70.5 Å². The number of amides is 2. The van der Waals surface area contributed by atoms with Gasteiger partial charge in [-0.15, -0.1) is 11.3 Å². The van der Waals surface area contributed by atoms with Crippen molar-refractivity contribution in [3.05, 3.63) is 80.8 Å². The van der Waals surface area contributed by atoms with Gasteiger partial charge in [0.05, 0.1) is 6.04 Å². The van der Waals surface area contributed by atoms with Crippen LogP contribution in [-0.4, -0.2) is 46.2 Å². The van der Waals surface area contributed by atoms with Gasteiger partial charge in [-0.25, -0.2) is 4.98 Å². The third kappa shape index (κ3) is 5.03. The van der Waals surface area contributed by atoms with Crippen molar-refractivity contribution in [1.82, 2.24) is 14.8 Å². The van der Waals surface area contributed by atoms with Gasteiger partial charge >= 0.3 is 0 Å². The summed E-state index contributed by atoms with van der Waals surface area (Å²) in [7, 11) is 1.79. The molecule has 3 aromatic rings. The minimum Gasteiger partial charge on any atom is -0.486 e. The van der Waals surface area contributed by atoms with E-state index in [1.54, 1.807) is 17.3 Å². The molecular formula is C29H33N3O3S. The van der Waals surface area contributed by atoms with E-state index in [1.807, 2.05) is 19.9 Å². The van der Waals surface area contributed by atoms with Crippen LogP contribution in [-0.2, 0) is 17.8 Å². The second-order valence-electron chi connectivity index (χ2n) is 10.2. The maximum absolute atomic E-state index is 13.2. The maximum atomic E-state index is 13.2. The number of rotatable bonds is 7. The summed E-state index contributed by atoms with van der Waals surface area (Å²) in [6, 6.07) is 14.7. The number of nitrogens with zero attached hydrogens (tertiary/aromatic N) is 3. The number of ether oxygens (including phenoxy) is 1. The van der Waals surface area contributed by atoms with Crippen LogP contribution in [0.2, 0.25) is 0 Å². The molecule has 7 heteroatoms. The Kier molecular flexibility index (Phi) is 6.84. The average molecular weight is 504 g/mol. The first-order valence-corrected chi connectivity index (χ1v) is 13.5. The van der Waals surface area contributed by atoms with E-state index in [0.29, 0.717) is 12.3 Å². The van der Waals surface area contributed by atoms with Crippen molar-refractivity contribution in [2.75, 3.05) is 13.6 Å². The minimum absolute atomic E-state index is 0.0808. The topological polar surface area (TPSA) is 62.7 Å². The first-order valence-electron chi connectivity index (χ1n) is 12.7. The maximum Gasteiger partial charge on any atom is 0.273 e. The highest BCUT2D eigenvalue weighted by molar-refractivity contribution is 7.09. The van der Waals surface area contributed by atoms with Crippen molar-refractivity contribution in [3.8, 4) is 5.75 Å². The molecule has 1 saturated carbocycles. The zero-order chi connectivity index (χ0) is 25.4. The van der Waals surface area contributed by atoms with E-state index < -0.39 is 0 Å². The van der Waals surface area contributed by atoms with Crippen molar-refractivity contribution >= 4 is 23.2 Å². The zero-order valence-corrected chi connectivity index (χ0v) is 22.2. The van der Waals surface area contributed by atoms with Gasteiger partial charge in [-0.1, -0.05) is 35.9 Å². The number of carbonyl (C=O) groups excluding carboxylic acids is 2. The number of hydrogen-bond donors (Lipinski definition) is 0. The van der Waals surface area contributed by atoms with Crippen molar-refractivity contribution < 1.29 is 14.3 Å². The molecule has 2 aromatic carbocycles. The summed E-state index contributed by atoms with van der Waals surface area (Å²) in [6.45, 7) is 7.08. The highest BCUT2D eigenvalue weighted by Gasteiger charge is 2.39. The molecule has 1 aliphatic heterocycles. The Labute approximate surface area is 216 Å². The number of hydrogen-bond acceptors (Lipinski definition) is 5. The molecule has 0 N–H and O–H groups in total. The van der Waals surface area contributed by atoms with Gasteiger partial charge < -0.3 is 14.5 Å². The largest absolute Gasteiger partial charge is 0.486 e. The molecule has 188 valence electrons. The molecule has 0 saturated heterocycles. The van der Waals surface area contributed by atoms with Crippen LogP contribution in [0.5, 0.6) is 5.75 Å². The molecule has 0 spiro atoms. The smallest absolute Gasteiger partial charge is 0.273 e. The molecule has 6 nitrogen and oxygen atoms in total. The number of fused-ring (bicyclic) bond motifs is 1. The highest BCUT2D eigenvalue weighted by atomic mass is 32.1. The van der Waals surface area contributed by atoms with Crippen LogP contribution in [0, 0.1) is 12.8 Å². The molecule has 0 unspecified atom stereocenters. The third-order valence-corrected chi connectivity index (χ3v) is 7.96.